The monoisotopic (exact) mass is 385 g/mol. The van der Waals surface area contributed by atoms with Crippen molar-refractivity contribution in [2.24, 2.45) is 0 Å². The molecular formula is C16H21BrFN3O2. The second-order valence-corrected chi connectivity index (χ2v) is 6.45. The summed E-state index contributed by atoms with van der Waals surface area (Å²) in [4.78, 5) is 27.8. The Morgan fingerprint density at radius 1 is 1.30 bits per heavy atom. The number of hydrogen-bond donors (Lipinski definition) is 1. The topological polar surface area (TPSA) is 52.7 Å². The quantitative estimate of drug-likeness (QED) is 0.852. The van der Waals surface area contributed by atoms with Crippen molar-refractivity contribution in [3.05, 3.63) is 34.1 Å². The molecule has 1 atom stereocenters. The maximum Gasteiger partial charge on any atom is 0.236 e. The smallest absolute Gasteiger partial charge is 0.236 e. The van der Waals surface area contributed by atoms with E-state index in [9.17, 15) is 14.0 Å². The predicted octanol–water partition coefficient (Wildman–Crippen LogP) is 1.41. The van der Waals surface area contributed by atoms with E-state index in [0.29, 0.717) is 36.2 Å². The van der Waals surface area contributed by atoms with Gasteiger partial charge in [-0.05, 0) is 34.5 Å². The van der Waals surface area contributed by atoms with E-state index >= 15 is 0 Å². The lowest BCUT2D eigenvalue weighted by Crippen LogP contribution is -2.54. The van der Waals surface area contributed by atoms with Crippen LogP contribution in [0.2, 0.25) is 0 Å². The Hall–Kier alpha value is -1.47. The van der Waals surface area contributed by atoms with Crippen LogP contribution in [0.4, 0.5) is 4.39 Å². The normalized spacial score (nSPS) is 17.0. The van der Waals surface area contributed by atoms with E-state index in [1.54, 1.807) is 30.1 Å². The molecule has 7 heteroatoms. The van der Waals surface area contributed by atoms with Gasteiger partial charge >= 0.3 is 0 Å². The Bertz CT molecular complexity index is 589. The van der Waals surface area contributed by atoms with Gasteiger partial charge in [-0.3, -0.25) is 14.5 Å². The number of amides is 2. The van der Waals surface area contributed by atoms with Gasteiger partial charge in [0.2, 0.25) is 11.8 Å². The molecule has 0 aliphatic carbocycles. The van der Waals surface area contributed by atoms with E-state index in [4.69, 9.17) is 0 Å². The number of halogens is 2. The third-order valence-corrected chi connectivity index (χ3v) is 4.83. The zero-order chi connectivity index (χ0) is 17.0. The molecule has 1 saturated heterocycles. The summed E-state index contributed by atoms with van der Waals surface area (Å²) in [6.07, 6.45) is 0.0519. The van der Waals surface area contributed by atoms with Crippen molar-refractivity contribution in [1.29, 1.82) is 0 Å². The van der Waals surface area contributed by atoms with Crippen LogP contribution in [0.3, 0.4) is 0 Å². The fourth-order valence-corrected chi connectivity index (χ4v) is 3.10. The molecule has 2 amide bonds. The molecule has 1 heterocycles. The first-order valence-corrected chi connectivity index (χ1v) is 8.39. The Morgan fingerprint density at radius 3 is 2.57 bits per heavy atom. The minimum atomic E-state index is -0.382. The largest absolute Gasteiger partial charge is 0.358 e. The number of piperazine rings is 1. The van der Waals surface area contributed by atoms with Crippen LogP contribution >= 0.6 is 15.9 Å². The number of nitrogens with one attached hydrogen (secondary N) is 1. The van der Waals surface area contributed by atoms with Gasteiger partial charge in [0.15, 0.2) is 0 Å². The van der Waals surface area contributed by atoms with Gasteiger partial charge in [-0.25, -0.2) is 4.39 Å². The number of carbonyl (C=O) groups excluding carboxylic acids is 2. The Morgan fingerprint density at radius 2 is 1.96 bits per heavy atom. The summed E-state index contributed by atoms with van der Waals surface area (Å²) in [6, 6.07) is 4.75. The molecule has 5 nitrogen and oxygen atoms in total. The molecule has 1 aromatic rings. The minimum Gasteiger partial charge on any atom is -0.358 e. The lowest BCUT2D eigenvalue weighted by atomic mass is 10.1. The molecule has 0 aromatic heterocycles. The van der Waals surface area contributed by atoms with E-state index in [0.717, 1.165) is 0 Å². The van der Waals surface area contributed by atoms with E-state index in [2.05, 4.69) is 21.2 Å². The molecule has 1 unspecified atom stereocenters. The highest BCUT2D eigenvalue weighted by molar-refractivity contribution is 9.10. The summed E-state index contributed by atoms with van der Waals surface area (Å²) in [5, 5.41) is 2.63. The molecule has 0 spiro atoms. The first-order valence-electron chi connectivity index (χ1n) is 7.60. The Labute approximate surface area is 144 Å². The van der Waals surface area contributed by atoms with Crippen LogP contribution in [0.15, 0.2) is 22.7 Å². The molecule has 1 N–H and O–H groups in total. The molecular weight excluding hydrogens is 365 g/mol. The van der Waals surface area contributed by atoms with Crippen molar-refractivity contribution in [2.45, 2.75) is 19.4 Å². The number of hydrogen-bond acceptors (Lipinski definition) is 3. The summed E-state index contributed by atoms with van der Waals surface area (Å²) in [6.45, 7) is 4.24. The van der Waals surface area contributed by atoms with Gasteiger partial charge in [-0.1, -0.05) is 12.1 Å². The molecule has 0 bridgehead atoms. The maximum absolute atomic E-state index is 14.0. The van der Waals surface area contributed by atoms with Crippen LogP contribution in [-0.2, 0) is 16.0 Å². The highest BCUT2D eigenvalue weighted by Crippen LogP contribution is 2.19. The summed E-state index contributed by atoms with van der Waals surface area (Å²) in [5.41, 5.74) is 0.394. The first-order chi connectivity index (χ1) is 10.9. The lowest BCUT2D eigenvalue weighted by molar-refractivity contribution is -0.133. The summed E-state index contributed by atoms with van der Waals surface area (Å²) >= 11 is 3.13. The van der Waals surface area contributed by atoms with Gasteiger partial charge in [-0.15, -0.1) is 0 Å². The molecule has 23 heavy (non-hydrogen) atoms. The van der Waals surface area contributed by atoms with Crippen LogP contribution in [0, 0.1) is 5.82 Å². The van der Waals surface area contributed by atoms with E-state index < -0.39 is 0 Å². The molecule has 1 fully saturated rings. The molecule has 0 radical (unpaired) electrons. The minimum absolute atomic E-state index is 0.0269. The fourth-order valence-electron chi connectivity index (χ4n) is 2.69. The predicted molar refractivity (Wildman–Crippen MR) is 89.5 cm³/mol. The fraction of sp³-hybridized carbons (Fsp3) is 0.500. The van der Waals surface area contributed by atoms with Gasteiger partial charge in [0, 0.05) is 33.2 Å². The van der Waals surface area contributed by atoms with E-state index in [1.807, 2.05) is 11.8 Å². The van der Waals surface area contributed by atoms with Gasteiger partial charge in [-0.2, -0.15) is 0 Å². The van der Waals surface area contributed by atoms with Crippen LogP contribution in [-0.4, -0.2) is 60.9 Å². The van der Waals surface area contributed by atoms with Crippen molar-refractivity contribution in [1.82, 2.24) is 15.1 Å². The van der Waals surface area contributed by atoms with Crippen LogP contribution in [0.1, 0.15) is 12.5 Å². The highest BCUT2D eigenvalue weighted by atomic mass is 79.9. The van der Waals surface area contributed by atoms with E-state index in [-0.39, 0.29) is 30.1 Å². The number of likely N-dealkylation sites (N-methyl/N-ethyl adjacent to an activating group) is 1. The SMILES string of the molecule is CNC(=O)C(C)N1CCN(C(=O)Cc2cccc(Br)c2F)CC1. The third kappa shape index (κ3) is 4.29. The van der Waals surface area contributed by atoms with E-state index in [1.165, 1.54) is 0 Å². The van der Waals surface area contributed by atoms with Crippen molar-refractivity contribution in [3.8, 4) is 0 Å². The number of rotatable bonds is 4. The van der Waals surface area contributed by atoms with Crippen LogP contribution < -0.4 is 5.32 Å². The van der Waals surface area contributed by atoms with Crippen molar-refractivity contribution in [3.63, 3.8) is 0 Å². The summed E-state index contributed by atoms with van der Waals surface area (Å²) in [7, 11) is 1.62. The zero-order valence-corrected chi connectivity index (χ0v) is 14.9. The Balaban J connectivity index is 1.91. The lowest BCUT2D eigenvalue weighted by Gasteiger charge is -2.37. The van der Waals surface area contributed by atoms with Gasteiger partial charge in [0.1, 0.15) is 5.82 Å². The van der Waals surface area contributed by atoms with Crippen molar-refractivity contribution < 1.29 is 14.0 Å². The third-order valence-electron chi connectivity index (χ3n) is 4.21. The zero-order valence-electron chi connectivity index (χ0n) is 13.3. The number of benzene rings is 1. The van der Waals surface area contributed by atoms with Crippen molar-refractivity contribution in [2.75, 3.05) is 33.2 Å². The summed E-state index contributed by atoms with van der Waals surface area (Å²) < 4.78 is 14.3. The first kappa shape index (κ1) is 17.9. The highest BCUT2D eigenvalue weighted by Gasteiger charge is 2.27. The second kappa shape index (κ2) is 7.88. The van der Waals surface area contributed by atoms with Crippen molar-refractivity contribution >= 4 is 27.7 Å². The molecule has 126 valence electrons. The Kier molecular flexibility index (Phi) is 6.12. The van der Waals surface area contributed by atoms with Crippen LogP contribution in [0.5, 0.6) is 0 Å². The van der Waals surface area contributed by atoms with Gasteiger partial charge < -0.3 is 10.2 Å². The number of nitrogens with zero attached hydrogens (tertiary/aromatic N) is 2. The summed E-state index contributed by atoms with van der Waals surface area (Å²) in [5.74, 6) is -0.497. The van der Waals surface area contributed by atoms with Crippen LogP contribution in [0.25, 0.3) is 0 Å². The maximum atomic E-state index is 14.0. The average molecular weight is 386 g/mol. The molecule has 1 aliphatic rings. The molecule has 1 aliphatic heterocycles. The van der Waals surface area contributed by atoms with Gasteiger partial charge in [0.05, 0.1) is 16.9 Å². The standard InChI is InChI=1S/C16H21BrFN3O2/c1-11(16(23)19-2)20-6-8-21(9-7-20)14(22)10-12-4-3-5-13(17)15(12)18/h3-5,11H,6-10H2,1-2H3,(H,19,23). The molecule has 0 saturated carbocycles. The van der Waals surface area contributed by atoms with Gasteiger partial charge in [0.25, 0.3) is 0 Å². The second-order valence-electron chi connectivity index (χ2n) is 5.60. The average Bonchev–Trinajstić information content (AvgIpc) is 2.57. The molecule has 2 rings (SSSR count). The molecule has 1 aromatic carbocycles. The number of carbonyl (C=O) groups is 2.